The van der Waals surface area contributed by atoms with Crippen molar-refractivity contribution in [1.82, 2.24) is 58.4 Å². The molecule has 488 valence electrons. The predicted molar refractivity (Wildman–Crippen MR) is 371 cm³/mol. The first-order valence-corrected chi connectivity index (χ1v) is 30.1. The van der Waals surface area contributed by atoms with Crippen LogP contribution < -0.4 is 21.3 Å². The molecule has 0 saturated carbocycles. The molecule has 8 heterocycles. The van der Waals surface area contributed by atoms with Crippen LogP contribution in [0.15, 0.2) is 73.3 Å². The molecule has 2 atom stereocenters. The fourth-order valence-corrected chi connectivity index (χ4v) is 6.37. The van der Waals surface area contributed by atoms with E-state index in [1.54, 1.807) is 38.3 Å². The number of fused-ring (bicyclic) bond motifs is 4. The average molecular weight is 1180 g/mol. The van der Waals surface area contributed by atoms with Crippen LogP contribution in [0.3, 0.4) is 0 Å². The topological polar surface area (TPSA) is 230 Å². The van der Waals surface area contributed by atoms with Crippen LogP contribution in [0, 0.1) is 39.5 Å². The molecule has 0 fully saturated rings. The van der Waals surface area contributed by atoms with Gasteiger partial charge in [-0.1, -0.05) is 168 Å². The second-order valence-corrected chi connectivity index (χ2v) is 15.8. The van der Waals surface area contributed by atoms with Crippen LogP contribution in [-0.4, -0.2) is 120 Å². The number of nitrogens with zero attached hydrogens (tertiary/aromatic N) is 12. The summed E-state index contributed by atoms with van der Waals surface area (Å²) >= 11 is 0. The number of aryl methyl sites for hydroxylation is 4. The van der Waals surface area contributed by atoms with Gasteiger partial charge in [-0.3, -0.25) is 0 Å². The molecule has 0 aliphatic heterocycles. The van der Waals surface area contributed by atoms with Crippen LogP contribution in [0.25, 0.3) is 22.6 Å². The zero-order valence-corrected chi connectivity index (χ0v) is 54.3. The molecule has 8 rings (SSSR count). The minimum absolute atomic E-state index is 0. The van der Waals surface area contributed by atoms with Crippen molar-refractivity contribution in [3.05, 3.63) is 96.1 Å². The Labute approximate surface area is 513 Å². The highest BCUT2D eigenvalue weighted by molar-refractivity contribution is 5.51. The van der Waals surface area contributed by atoms with E-state index >= 15 is 0 Å². The van der Waals surface area contributed by atoms with Crippen LogP contribution in [0.1, 0.15) is 216 Å². The van der Waals surface area contributed by atoms with Crippen LogP contribution in [-0.2, 0) is 0 Å². The second kappa shape index (κ2) is 62.6. The number of aliphatic hydroxyl groups is 3. The van der Waals surface area contributed by atoms with E-state index in [9.17, 15) is 0 Å². The van der Waals surface area contributed by atoms with Crippen molar-refractivity contribution >= 4 is 45.9 Å². The number of aromatic nitrogens is 12. The van der Waals surface area contributed by atoms with Gasteiger partial charge in [-0.05, 0) is 65.2 Å². The van der Waals surface area contributed by atoms with Crippen LogP contribution in [0.5, 0.6) is 0 Å². The van der Waals surface area contributed by atoms with Crippen molar-refractivity contribution in [3.63, 3.8) is 0 Å². The molecule has 7 N–H and O–H groups in total. The number of hydrogen-bond acceptors (Lipinski definition) is 15. The van der Waals surface area contributed by atoms with Gasteiger partial charge >= 0.3 is 0 Å². The van der Waals surface area contributed by atoms with Gasteiger partial charge in [0.05, 0.1) is 24.8 Å². The van der Waals surface area contributed by atoms with E-state index in [0.29, 0.717) is 11.8 Å². The highest BCUT2D eigenvalue weighted by Gasteiger charge is 2.08. The second-order valence-electron chi connectivity index (χ2n) is 15.8. The zero-order valence-electron chi connectivity index (χ0n) is 54.3. The van der Waals surface area contributed by atoms with Crippen molar-refractivity contribution < 1.29 is 15.3 Å². The standard InChI is InChI=1S/C12H18N4O.C12H18N4.C11H16N4O.C10H14N4O.8C2H6.4CH4/c1-9(8-17)3-5-13-12-7-10(2)15-11-4-6-14-16(11)12;1-4-9(2)8-13-12-7-10(3)15-11-5-6-14-16(11)12;1-9-8-11(12-5-2-3-7-16)15-10(14-9)4-6-13-15;1-8-7-10(11-4-2-6-15)14-9(13-8)3-5-12-14;8*1-2;;;;/h4,6-7,9,13,17H,3,5,8H2,1-2H3;5-7,9,13H,4,8H2,1-3H3;4,6,8,12,16H,2-3,5,7H2,1H3;3,5,7,11,15H,2,4,6H2,1H3;8*1-2H3;4*1H4. The number of aliphatic hydroxyl groups excluding tert-OH is 3. The largest absolute Gasteiger partial charge is 0.396 e. The lowest BCUT2D eigenvalue weighted by Gasteiger charge is -2.12. The van der Waals surface area contributed by atoms with Gasteiger partial charge in [0.25, 0.3) is 0 Å². The molecular formula is C65H130N16O3. The van der Waals surface area contributed by atoms with E-state index in [1.807, 2.05) is 198 Å². The average Bonchev–Trinajstić information content (AvgIpc) is 4.37. The van der Waals surface area contributed by atoms with Crippen LogP contribution in [0.4, 0.5) is 23.3 Å². The Hall–Kier alpha value is -6.44. The molecule has 0 amide bonds. The number of unbranched alkanes of at least 4 members (excludes halogenated alkanes) is 1. The molecular weight excluding hydrogens is 1050 g/mol. The Bertz CT molecular complexity index is 2610. The minimum atomic E-state index is 0. The summed E-state index contributed by atoms with van der Waals surface area (Å²) in [6, 6.07) is 15.5. The Morgan fingerprint density at radius 3 is 0.940 bits per heavy atom. The summed E-state index contributed by atoms with van der Waals surface area (Å²) in [6.45, 7) is 50.4. The first kappa shape index (κ1) is 94.0. The summed E-state index contributed by atoms with van der Waals surface area (Å²) in [6.07, 6.45) is 11.6. The molecule has 2 unspecified atom stereocenters. The van der Waals surface area contributed by atoms with Crippen molar-refractivity contribution in [2.75, 3.05) is 67.3 Å². The third kappa shape index (κ3) is 36.3. The molecule has 0 bridgehead atoms. The summed E-state index contributed by atoms with van der Waals surface area (Å²) in [5, 5.41) is 56.5. The summed E-state index contributed by atoms with van der Waals surface area (Å²) in [7, 11) is 0. The molecule has 19 heteroatoms. The van der Waals surface area contributed by atoms with E-state index in [0.717, 1.165) is 120 Å². The van der Waals surface area contributed by atoms with E-state index in [-0.39, 0.29) is 49.5 Å². The molecule has 8 aromatic heterocycles. The quantitative estimate of drug-likeness (QED) is 0.0396. The minimum Gasteiger partial charge on any atom is -0.396 e. The molecule has 84 heavy (non-hydrogen) atoms. The molecule has 19 nitrogen and oxygen atoms in total. The van der Waals surface area contributed by atoms with Gasteiger partial charge in [0.1, 0.15) is 23.3 Å². The first-order chi connectivity index (χ1) is 39.0. The lowest BCUT2D eigenvalue weighted by Crippen LogP contribution is -2.13. The maximum atomic E-state index is 8.96. The van der Waals surface area contributed by atoms with Crippen molar-refractivity contribution in [2.45, 2.75) is 221 Å². The molecule has 0 saturated heterocycles. The summed E-state index contributed by atoms with van der Waals surface area (Å²) < 4.78 is 7.17. The van der Waals surface area contributed by atoms with Crippen molar-refractivity contribution in [3.8, 4) is 0 Å². The van der Waals surface area contributed by atoms with Gasteiger partial charge < -0.3 is 36.6 Å². The predicted octanol–water partition coefficient (Wildman–Crippen LogP) is 16.8. The molecule has 0 aromatic carbocycles. The van der Waals surface area contributed by atoms with Gasteiger partial charge in [-0.15, -0.1) is 0 Å². The zero-order chi connectivity index (χ0) is 61.8. The lowest BCUT2D eigenvalue weighted by atomic mass is 10.1. The third-order valence-corrected chi connectivity index (χ3v) is 10.1. The highest BCUT2D eigenvalue weighted by atomic mass is 16.3. The molecule has 0 spiro atoms. The van der Waals surface area contributed by atoms with E-state index in [1.165, 1.54) is 6.42 Å². The third-order valence-electron chi connectivity index (χ3n) is 10.1. The number of hydrogen-bond donors (Lipinski definition) is 7. The fourth-order valence-electron chi connectivity index (χ4n) is 6.37. The highest BCUT2D eigenvalue weighted by Crippen LogP contribution is 2.16. The fraction of sp³-hybridized carbons (Fsp3) is 0.631. The van der Waals surface area contributed by atoms with E-state index < -0.39 is 0 Å². The Morgan fingerprint density at radius 1 is 0.393 bits per heavy atom. The molecule has 0 aliphatic carbocycles. The molecule has 8 aromatic rings. The normalized spacial score (nSPS) is 9.64. The van der Waals surface area contributed by atoms with Crippen LogP contribution in [0.2, 0.25) is 0 Å². The van der Waals surface area contributed by atoms with Crippen molar-refractivity contribution in [1.29, 1.82) is 0 Å². The van der Waals surface area contributed by atoms with Gasteiger partial charge in [-0.25, -0.2) is 19.9 Å². The number of rotatable bonds is 18. The van der Waals surface area contributed by atoms with Crippen LogP contribution >= 0.6 is 0 Å². The Kier molecular flexibility index (Phi) is 70.0. The number of anilines is 4. The first-order valence-electron chi connectivity index (χ1n) is 30.1. The summed E-state index contributed by atoms with van der Waals surface area (Å²) in [5.74, 6) is 4.81. The SMILES string of the molecule is C.C.C.C.CC.CC.CC.CC.CC.CC.CC.CC.CCC(C)CNc1cc(C)nc2ccnn12.Cc1cc(NCCC(C)CO)n2nccc2n1.Cc1cc(NCCCCO)n2nccc2n1.Cc1cc(NCCCO)n2nccc2n1. The Balaban J connectivity index is -0.000000139. The molecule has 0 radical (unpaired) electrons. The molecule has 0 aliphatic rings. The summed E-state index contributed by atoms with van der Waals surface area (Å²) in [4.78, 5) is 17.5. The van der Waals surface area contributed by atoms with E-state index in [4.69, 9.17) is 15.3 Å². The van der Waals surface area contributed by atoms with Crippen molar-refractivity contribution in [2.24, 2.45) is 11.8 Å². The smallest absolute Gasteiger partial charge is 0.157 e. The van der Waals surface area contributed by atoms with E-state index in [2.05, 4.69) is 75.4 Å². The van der Waals surface area contributed by atoms with Gasteiger partial charge in [0.2, 0.25) is 0 Å². The maximum Gasteiger partial charge on any atom is 0.157 e. The summed E-state index contributed by atoms with van der Waals surface area (Å²) in [5.41, 5.74) is 7.34. The van der Waals surface area contributed by atoms with Gasteiger partial charge in [-0.2, -0.15) is 38.5 Å². The van der Waals surface area contributed by atoms with Gasteiger partial charge in [0.15, 0.2) is 22.6 Å². The lowest BCUT2D eigenvalue weighted by molar-refractivity contribution is 0.233. The number of nitrogens with one attached hydrogen (secondary N) is 4. The Morgan fingerprint density at radius 2 is 0.667 bits per heavy atom. The maximum absolute atomic E-state index is 8.96. The van der Waals surface area contributed by atoms with Gasteiger partial charge in [0, 0.05) is 117 Å². The monoisotopic (exact) mass is 1180 g/mol.